The van der Waals surface area contributed by atoms with E-state index in [2.05, 4.69) is 36.2 Å². The highest BCUT2D eigenvalue weighted by atomic mass is 16.2. The minimum Gasteiger partial charge on any atom is -0.356 e. The first kappa shape index (κ1) is 22.3. The molecule has 1 aromatic carbocycles. The van der Waals surface area contributed by atoms with Gasteiger partial charge >= 0.3 is 0 Å². The number of rotatable bonds is 9. The van der Waals surface area contributed by atoms with Crippen LogP contribution in [0, 0.1) is 6.92 Å². The molecular formula is C23H31N7O. The summed E-state index contributed by atoms with van der Waals surface area (Å²) in [7, 11) is 3.51. The molecule has 0 atom stereocenters. The van der Waals surface area contributed by atoms with Crippen LogP contribution in [0.5, 0.6) is 0 Å². The van der Waals surface area contributed by atoms with Gasteiger partial charge in [-0.05, 0) is 37.6 Å². The maximum atomic E-state index is 12.4. The van der Waals surface area contributed by atoms with E-state index < -0.39 is 0 Å². The molecular weight excluding hydrogens is 390 g/mol. The zero-order valence-corrected chi connectivity index (χ0v) is 18.5. The molecule has 2 aromatic heterocycles. The van der Waals surface area contributed by atoms with Gasteiger partial charge in [0, 0.05) is 52.0 Å². The molecule has 2 heterocycles. The van der Waals surface area contributed by atoms with Crippen molar-refractivity contribution < 1.29 is 4.79 Å². The van der Waals surface area contributed by atoms with Crippen molar-refractivity contribution in [1.29, 1.82) is 0 Å². The van der Waals surface area contributed by atoms with Gasteiger partial charge in [-0.3, -0.25) is 14.8 Å². The van der Waals surface area contributed by atoms with Gasteiger partial charge in [-0.15, -0.1) is 0 Å². The molecule has 0 saturated carbocycles. The Hall–Kier alpha value is -3.42. The second-order valence-corrected chi connectivity index (χ2v) is 7.39. The fourth-order valence-electron chi connectivity index (χ4n) is 3.39. The van der Waals surface area contributed by atoms with E-state index >= 15 is 0 Å². The lowest BCUT2D eigenvalue weighted by Crippen LogP contribution is -2.44. The summed E-state index contributed by atoms with van der Waals surface area (Å²) in [4.78, 5) is 27.2. The summed E-state index contributed by atoms with van der Waals surface area (Å²) < 4.78 is 2.23. The first-order valence-electron chi connectivity index (χ1n) is 10.6. The summed E-state index contributed by atoms with van der Waals surface area (Å²) >= 11 is 0. The quantitative estimate of drug-likeness (QED) is 0.313. The fraction of sp³-hybridized carbons (Fsp3) is 0.391. The highest BCUT2D eigenvalue weighted by Gasteiger charge is 2.10. The van der Waals surface area contributed by atoms with Crippen molar-refractivity contribution in [2.75, 3.05) is 33.7 Å². The van der Waals surface area contributed by atoms with Gasteiger partial charge < -0.3 is 20.1 Å². The third-order valence-electron chi connectivity index (χ3n) is 5.18. The number of amides is 1. The van der Waals surface area contributed by atoms with Crippen LogP contribution in [0.1, 0.15) is 17.9 Å². The Morgan fingerprint density at radius 1 is 1.16 bits per heavy atom. The van der Waals surface area contributed by atoms with Crippen LogP contribution in [0.3, 0.4) is 0 Å². The fourth-order valence-corrected chi connectivity index (χ4v) is 3.39. The number of carbonyl (C=O) groups excluding carboxylic acids is 1. The van der Waals surface area contributed by atoms with E-state index in [1.165, 1.54) is 0 Å². The standard InChI is InChI=1S/C23H31N7O/c1-18-28-20-10-4-5-11-21(20)30(18)15-8-14-26-23(24-2)27-17-22(31)29(3)16-12-19-9-6-7-13-25-19/h4-7,9-11,13H,8,12,14-17H2,1-3H3,(H2,24,26,27). The van der Waals surface area contributed by atoms with Crippen LogP contribution in [0.2, 0.25) is 0 Å². The molecule has 31 heavy (non-hydrogen) atoms. The number of pyridine rings is 1. The van der Waals surface area contributed by atoms with Crippen LogP contribution < -0.4 is 10.6 Å². The van der Waals surface area contributed by atoms with E-state index in [0.717, 1.165) is 48.5 Å². The normalized spacial score (nSPS) is 11.5. The van der Waals surface area contributed by atoms with E-state index in [9.17, 15) is 4.79 Å². The number of hydrogen-bond donors (Lipinski definition) is 2. The highest BCUT2D eigenvalue weighted by molar-refractivity contribution is 5.86. The lowest BCUT2D eigenvalue weighted by atomic mass is 10.2. The molecule has 0 aliphatic carbocycles. The number of para-hydroxylation sites is 2. The molecule has 2 N–H and O–H groups in total. The number of aromatic nitrogens is 3. The number of nitrogens with one attached hydrogen (secondary N) is 2. The number of imidazole rings is 1. The van der Waals surface area contributed by atoms with Crippen molar-refractivity contribution in [3.8, 4) is 0 Å². The minimum atomic E-state index is 0.0133. The van der Waals surface area contributed by atoms with Gasteiger partial charge in [-0.2, -0.15) is 0 Å². The van der Waals surface area contributed by atoms with E-state index in [1.54, 1.807) is 25.2 Å². The predicted octanol–water partition coefficient (Wildman–Crippen LogP) is 2.00. The topological polar surface area (TPSA) is 87.4 Å². The molecule has 0 spiro atoms. The molecule has 0 saturated heterocycles. The molecule has 3 rings (SSSR count). The summed E-state index contributed by atoms with van der Waals surface area (Å²) in [6.45, 7) is 4.47. The maximum absolute atomic E-state index is 12.4. The second kappa shape index (κ2) is 11.1. The van der Waals surface area contributed by atoms with Crippen LogP contribution in [0.4, 0.5) is 0 Å². The first-order chi connectivity index (χ1) is 15.1. The van der Waals surface area contributed by atoms with Crippen molar-refractivity contribution in [1.82, 2.24) is 30.1 Å². The summed E-state index contributed by atoms with van der Waals surface area (Å²) in [5, 5.41) is 6.37. The Balaban J connectivity index is 1.38. The van der Waals surface area contributed by atoms with Crippen LogP contribution >= 0.6 is 0 Å². The summed E-state index contributed by atoms with van der Waals surface area (Å²) in [6.07, 6.45) is 3.42. The van der Waals surface area contributed by atoms with Gasteiger partial charge in [0.05, 0.1) is 17.6 Å². The number of aliphatic imine (C=N–C) groups is 1. The first-order valence-corrected chi connectivity index (χ1v) is 10.6. The maximum Gasteiger partial charge on any atom is 0.241 e. The van der Waals surface area contributed by atoms with Crippen LogP contribution in [0.25, 0.3) is 11.0 Å². The van der Waals surface area contributed by atoms with Gasteiger partial charge in [0.2, 0.25) is 5.91 Å². The lowest BCUT2D eigenvalue weighted by molar-refractivity contribution is -0.128. The number of benzene rings is 1. The average Bonchev–Trinajstić information content (AvgIpc) is 3.12. The minimum absolute atomic E-state index is 0.0133. The Morgan fingerprint density at radius 2 is 1.97 bits per heavy atom. The number of fused-ring (bicyclic) bond motifs is 1. The predicted molar refractivity (Wildman–Crippen MR) is 124 cm³/mol. The van der Waals surface area contributed by atoms with Crippen LogP contribution in [0.15, 0.2) is 53.7 Å². The zero-order valence-electron chi connectivity index (χ0n) is 18.5. The number of aryl methyl sites for hydroxylation is 2. The summed E-state index contributed by atoms with van der Waals surface area (Å²) in [5.74, 6) is 1.65. The SMILES string of the molecule is CN=C(NCCCn1c(C)nc2ccccc21)NCC(=O)N(C)CCc1ccccn1. The third kappa shape index (κ3) is 6.28. The number of carbonyl (C=O) groups is 1. The molecule has 0 aliphatic heterocycles. The Morgan fingerprint density at radius 3 is 2.74 bits per heavy atom. The van der Waals surface area contributed by atoms with Crippen molar-refractivity contribution in [3.63, 3.8) is 0 Å². The summed E-state index contributed by atoms with van der Waals surface area (Å²) in [6, 6.07) is 14.0. The molecule has 0 fully saturated rings. The van der Waals surface area contributed by atoms with Crippen molar-refractivity contribution >= 4 is 22.9 Å². The monoisotopic (exact) mass is 421 g/mol. The molecule has 3 aromatic rings. The second-order valence-electron chi connectivity index (χ2n) is 7.39. The Kier molecular flexibility index (Phi) is 7.98. The molecule has 0 unspecified atom stereocenters. The largest absolute Gasteiger partial charge is 0.356 e. The van der Waals surface area contributed by atoms with E-state index in [4.69, 9.17) is 0 Å². The van der Waals surface area contributed by atoms with E-state index in [-0.39, 0.29) is 12.5 Å². The third-order valence-corrected chi connectivity index (χ3v) is 5.18. The lowest BCUT2D eigenvalue weighted by Gasteiger charge is -2.18. The highest BCUT2D eigenvalue weighted by Crippen LogP contribution is 2.15. The molecule has 0 bridgehead atoms. The molecule has 8 nitrogen and oxygen atoms in total. The molecule has 0 radical (unpaired) electrons. The smallest absolute Gasteiger partial charge is 0.241 e. The van der Waals surface area contributed by atoms with Crippen molar-refractivity contribution in [2.45, 2.75) is 26.3 Å². The van der Waals surface area contributed by atoms with Crippen molar-refractivity contribution in [3.05, 3.63) is 60.2 Å². The van der Waals surface area contributed by atoms with E-state index in [0.29, 0.717) is 12.5 Å². The van der Waals surface area contributed by atoms with Gasteiger partial charge in [-0.1, -0.05) is 18.2 Å². The Bertz CT molecular complexity index is 1010. The number of guanidine groups is 1. The number of nitrogens with zero attached hydrogens (tertiary/aromatic N) is 5. The van der Waals surface area contributed by atoms with Crippen molar-refractivity contribution in [2.24, 2.45) is 4.99 Å². The molecule has 0 aliphatic rings. The molecule has 8 heteroatoms. The molecule has 164 valence electrons. The summed E-state index contributed by atoms with van der Waals surface area (Å²) in [5.41, 5.74) is 3.16. The average molecular weight is 422 g/mol. The zero-order chi connectivity index (χ0) is 22.1. The van der Waals surface area contributed by atoms with Gasteiger partial charge in [-0.25, -0.2) is 4.98 Å². The van der Waals surface area contributed by atoms with Crippen LogP contribution in [-0.2, 0) is 17.8 Å². The van der Waals surface area contributed by atoms with Crippen LogP contribution in [-0.4, -0.2) is 65.0 Å². The van der Waals surface area contributed by atoms with Gasteiger partial charge in [0.1, 0.15) is 5.82 Å². The van der Waals surface area contributed by atoms with Gasteiger partial charge in [0.25, 0.3) is 0 Å². The number of hydrogen-bond acceptors (Lipinski definition) is 4. The molecule has 1 amide bonds. The van der Waals surface area contributed by atoms with Gasteiger partial charge in [0.15, 0.2) is 5.96 Å². The Labute approximate surface area is 183 Å². The van der Waals surface area contributed by atoms with E-state index in [1.807, 2.05) is 43.3 Å². The number of likely N-dealkylation sites (N-methyl/N-ethyl adjacent to an activating group) is 1.